The zero-order chi connectivity index (χ0) is 14.7. The van der Waals surface area contributed by atoms with Gasteiger partial charge in [-0.2, -0.15) is 0 Å². The van der Waals surface area contributed by atoms with Crippen LogP contribution in [0.15, 0.2) is 41.8 Å². The molecule has 0 radical (unpaired) electrons. The molecule has 1 saturated carbocycles. The number of methoxy groups -OCH3 is 1. The summed E-state index contributed by atoms with van der Waals surface area (Å²) in [6, 6.07) is 12.3. The molecule has 1 aromatic heterocycles. The van der Waals surface area contributed by atoms with E-state index in [1.54, 1.807) is 18.4 Å². The minimum Gasteiger partial charge on any atom is -0.497 e. The summed E-state index contributed by atoms with van der Waals surface area (Å²) in [5.41, 5.74) is 0.920. The van der Waals surface area contributed by atoms with Gasteiger partial charge in [0.1, 0.15) is 5.75 Å². The number of thiophene rings is 1. The van der Waals surface area contributed by atoms with Crippen LogP contribution >= 0.6 is 11.3 Å². The highest BCUT2D eigenvalue weighted by atomic mass is 32.1. The highest BCUT2D eigenvalue weighted by Gasteiger charge is 2.32. The number of aliphatic hydroxyl groups excluding tert-OH is 1. The Morgan fingerprint density at radius 2 is 2.05 bits per heavy atom. The first kappa shape index (κ1) is 14.6. The van der Waals surface area contributed by atoms with Gasteiger partial charge in [0.15, 0.2) is 0 Å². The molecule has 1 fully saturated rings. The van der Waals surface area contributed by atoms with E-state index in [4.69, 9.17) is 4.74 Å². The summed E-state index contributed by atoms with van der Waals surface area (Å²) in [4.78, 5) is 1.37. The monoisotopic (exact) mass is 303 g/mol. The van der Waals surface area contributed by atoms with Gasteiger partial charge < -0.3 is 15.2 Å². The third kappa shape index (κ3) is 3.64. The topological polar surface area (TPSA) is 41.5 Å². The van der Waals surface area contributed by atoms with Crippen molar-refractivity contribution in [1.82, 2.24) is 5.32 Å². The molecule has 21 heavy (non-hydrogen) atoms. The van der Waals surface area contributed by atoms with Crippen LogP contribution in [-0.4, -0.2) is 18.8 Å². The Labute approximate surface area is 129 Å². The van der Waals surface area contributed by atoms with E-state index < -0.39 is 6.10 Å². The van der Waals surface area contributed by atoms with Gasteiger partial charge in [0.25, 0.3) is 0 Å². The van der Waals surface area contributed by atoms with E-state index in [0.29, 0.717) is 12.6 Å². The van der Waals surface area contributed by atoms with Gasteiger partial charge in [-0.05, 0) is 47.9 Å². The van der Waals surface area contributed by atoms with Gasteiger partial charge in [-0.3, -0.25) is 0 Å². The molecule has 1 aliphatic carbocycles. The van der Waals surface area contributed by atoms with Gasteiger partial charge in [-0.1, -0.05) is 18.2 Å². The third-order valence-electron chi connectivity index (χ3n) is 3.97. The molecule has 3 rings (SSSR count). The van der Waals surface area contributed by atoms with Crippen molar-refractivity contribution in [2.45, 2.75) is 25.0 Å². The zero-order valence-corrected chi connectivity index (χ0v) is 13.0. The predicted molar refractivity (Wildman–Crippen MR) is 85.7 cm³/mol. The molecule has 0 unspecified atom stereocenters. The van der Waals surface area contributed by atoms with Crippen LogP contribution in [0.3, 0.4) is 0 Å². The molecule has 0 aliphatic heterocycles. The maximum absolute atomic E-state index is 10.3. The van der Waals surface area contributed by atoms with Crippen LogP contribution in [-0.2, 0) is 0 Å². The molecule has 1 heterocycles. The molecule has 4 heteroatoms. The van der Waals surface area contributed by atoms with Crippen LogP contribution in [0.4, 0.5) is 0 Å². The molecule has 2 aromatic rings. The predicted octanol–water partition coefficient (Wildman–Crippen LogP) is 3.53. The van der Waals surface area contributed by atoms with Gasteiger partial charge in [0, 0.05) is 17.5 Å². The third-order valence-corrected chi connectivity index (χ3v) is 4.93. The van der Waals surface area contributed by atoms with E-state index >= 15 is 0 Å². The number of benzene rings is 1. The van der Waals surface area contributed by atoms with Gasteiger partial charge in [0.2, 0.25) is 0 Å². The first-order chi connectivity index (χ1) is 10.3. The lowest BCUT2D eigenvalue weighted by Crippen LogP contribution is -2.27. The van der Waals surface area contributed by atoms with E-state index in [-0.39, 0.29) is 0 Å². The Morgan fingerprint density at radius 3 is 2.62 bits per heavy atom. The van der Waals surface area contributed by atoms with Crippen LogP contribution in [0.2, 0.25) is 0 Å². The Hall–Kier alpha value is -1.36. The van der Waals surface area contributed by atoms with Crippen molar-refractivity contribution < 1.29 is 9.84 Å². The van der Waals surface area contributed by atoms with Crippen LogP contribution in [0, 0.1) is 5.92 Å². The Balaban J connectivity index is 1.60. The Bertz CT molecular complexity index is 549. The number of ether oxygens (including phenoxy) is 1. The highest BCUT2D eigenvalue weighted by molar-refractivity contribution is 7.10. The second kappa shape index (κ2) is 6.60. The molecule has 1 aliphatic rings. The summed E-state index contributed by atoms with van der Waals surface area (Å²) in [6.45, 7) is 0.575. The van der Waals surface area contributed by atoms with Crippen molar-refractivity contribution in [1.29, 1.82) is 0 Å². The van der Waals surface area contributed by atoms with Gasteiger partial charge in [-0.25, -0.2) is 0 Å². The molecule has 0 amide bonds. The summed E-state index contributed by atoms with van der Waals surface area (Å²) in [5, 5.41) is 16.0. The second-order valence-electron chi connectivity index (χ2n) is 5.53. The number of rotatable bonds is 7. The quantitative estimate of drug-likeness (QED) is 0.822. The van der Waals surface area contributed by atoms with Crippen LogP contribution in [0.1, 0.15) is 35.4 Å². The molecule has 0 saturated heterocycles. The smallest absolute Gasteiger partial charge is 0.118 e. The summed E-state index contributed by atoms with van der Waals surface area (Å²) in [7, 11) is 1.65. The van der Waals surface area contributed by atoms with Crippen LogP contribution in [0.5, 0.6) is 5.75 Å². The molecule has 112 valence electrons. The van der Waals surface area contributed by atoms with Crippen molar-refractivity contribution in [3.63, 3.8) is 0 Å². The Kier molecular flexibility index (Phi) is 4.58. The fourth-order valence-electron chi connectivity index (χ4n) is 2.58. The summed E-state index contributed by atoms with van der Waals surface area (Å²) in [5.74, 6) is 1.54. The largest absolute Gasteiger partial charge is 0.497 e. The lowest BCUT2D eigenvalue weighted by molar-refractivity contribution is 0.168. The number of nitrogens with one attached hydrogen (secondary N) is 1. The van der Waals surface area contributed by atoms with Gasteiger partial charge in [-0.15, -0.1) is 11.3 Å². The fourth-order valence-corrected chi connectivity index (χ4v) is 3.47. The molecule has 0 bridgehead atoms. The van der Waals surface area contributed by atoms with Crippen molar-refractivity contribution >= 4 is 11.3 Å². The number of hydrogen-bond acceptors (Lipinski definition) is 4. The van der Waals surface area contributed by atoms with Crippen LogP contribution in [0.25, 0.3) is 0 Å². The zero-order valence-electron chi connectivity index (χ0n) is 12.2. The molecular formula is C17H21NO2S. The van der Waals surface area contributed by atoms with Crippen molar-refractivity contribution in [2.75, 3.05) is 13.7 Å². The SMILES string of the molecule is COc1ccc([C@@H](O)CN[C@H](c2cccs2)C2CC2)cc1. The standard InChI is InChI=1S/C17H21NO2S/c1-20-14-8-6-12(7-9-14)15(19)11-18-17(13-4-5-13)16-3-2-10-21-16/h2-3,6-10,13,15,17-19H,4-5,11H2,1H3/t15-,17-/m0/s1. The van der Waals surface area contributed by atoms with Crippen molar-refractivity contribution in [2.24, 2.45) is 5.92 Å². The molecule has 2 N–H and O–H groups in total. The van der Waals surface area contributed by atoms with E-state index in [1.165, 1.54) is 17.7 Å². The number of hydrogen-bond donors (Lipinski definition) is 2. The highest BCUT2D eigenvalue weighted by Crippen LogP contribution is 2.42. The molecule has 3 nitrogen and oxygen atoms in total. The van der Waals surface area contributed by atoms with Crippen molar-refractivity contribution in [3.05, 3.63) is 52.2 Å². The molecule has 2 atom stereocenters. The average Bonchev–Trinajstić information content (AvgIpc) is 3.21. The normalized spacial score (nSPS) is 17.4. The lowest BCUT2D eigenvalue weighted by Gasteiger charge is -2.20. The second-order valence-corrected chi connectivity index (χ2v) is 6.51. The van der Waals surface area contributed by atoms with Crippen molar-refractivity contribution in [3.8, 4) is 5.75 Å². The molecular weight excluding hydrogens is 282 g/mol. The summed E-state index contributed by atoms with van der Waals surface area (Å²) >= 11 is 1.79. The molecule has 0 spiro atoms. The maximum atomic E-state index is 10.3. The van der Waals surface area contributed by atoms with E-state index in [0.717, 1.165) is 17.2 Å². The van der Waals surface area contributed by atoms with Gasteiger partial charge >= 0.3 is 0 Å². The summed E-state index contributed by atoms with van der Waals surface area (Å²) < 4.78 is 5.14. The molecule has 1 aromatic carbocycles. The lowest BCUT2D eigenvalue weighted by atomic mass is 10.1. The van der Waals surface area contributed by atoms with Crippen LogP contribution < -0.4 is 10.1 Å². The van der Waals surface area contributed by atoms with Gasteiger partial charge in [0.05, 0.1) is 13.2 Å². The maximum Gasteiger partial charge on any atom is 0.118 e. The fraction of sp³-hybridized carbons (Fsp3) is 0.412. The first-order valence-corrected chi connectivity index (χ1v) is 8.24. The minimum absolute atomic E-state index is 0.387. The average molecular weight is 303 g/mol. The summed E-state index contributed by atoms with van der Waals surface area (Å²) in [6.07, 6.45) is 2.08. The number of aliphatic hydroxyl groups is 1. The minimum atomic E-state index is -0.489. The van der Waals surface area contributed by atoms with E-state index in [9.17, 15) is 5.11 Å². The Morgan fingerprint density at radius 1 is 1.29 bits per heavy atom. The van der Waals surface area contributed by atoms with E-state index in [2.05, 4.69) is 22.8 Å². The van der Waals surface area contributed by atoms with E-state index in [1.807, 2.05) is 24.3 Å². The first-order valence-electron chi connectivity index (χ1n) is 7.36.